The average molecular weight is 410 g/mol. The zero-order valence-electron chi connectivity index (χ0n) is 16.6. The van der Waals surface area contributed by atoms with Crippen LogP contribution < -0.4 is 10.1 Å². The van der Waals surface area contributed by atoms with Crippen molar-refractivity contribution in [1.82, 2.24) is 13.9 Å². The van der Waals surface area contributed by atoms with E-state index in [2.05, 4.69) is 5.32 Å². The number of para-hydroxylation sites is 1. The van der Waals surface area contributed by atoms with Crippen LogP contribution in [0.5, 0.6) is 5.75 Å². The van der Waals surface area contributed by atoms with Gasteiger partial charge in [-0.2, -0.15) is 17.0 Å². The molecule has 8 heteroatoms. The number of methoxy groups -OCH3 is 1. The minimum Gasteiger partial charge on any atom is -0.496 e. The van der Waals surface area contributed by atoms with E-state index in [4.69, 9.17) is 4.74 Å². The van der Waals surface area contributed by atoms with Crippen molar-refractivity contribution in [2.24, 2.45) is 5.92 Å². The highest BCUT2D eigenvalue weighted by atomic mass is 32.2. The van der Waals surface area contributed by atoms with Crippen LogP contribution in [0.4, 0.5) is 0 Å². The second-order valence-electron chi connectivity index (χ2n) is 7.52. The third-order valence-electron chi connectivity index (χ3n) is 5.69. The Balaban J connectivity index is 1.51. The van der Waals surface area contributed by atoms with Crippen molar-refractivity contribution < 1.29 is 17.9 Å². The first-order chi connectivity index (χ1) is 13.5. The monoisotopic (exact) mass is 409 g/mol. The van der Waals surface area contributed by atoms with Crippen LogP contribution in [-0.4, -0.2) is 56.2 Å². The van der Waals surface area contributed by atoms with Gasteiger partial charge in [-0.05, 0) is 31.7 Å². The number of hydrogen-bond donors (Lipinski definition) is 1. The molecule has 1 N–H and O–H groups in total. The van der Waals surface area contributed by atoms with Gasteiger partial charge in [0.2, 0.25) is 5.91 Å². The number of amides is 1. The van der Waals surface area contributed by atoms with Gasteiger partial charge in [0.1, 0.15) is 5.75 Å². The highest BCUT2D eigenvalue weighted by Crippen LogP contribution is 2.24. The lowest BCUT2D eigenvalue weighted by Gasteiger charge is -2.34. The molecule has 7 nitrogen and oxygen atoms in total. The largest absolute Gasteiger partial charge is 0.496 e. The Morgan fingerprint density at radius 3 is 2.29 bits per heavy atom. The summed E-state index contributed by atoms with van der Waals surface area (Å²) in [4.78, 5) is 12.5. The second-order valence-corrected chi connectivity index (χ2v) is 9.45. The summed E-state index contributed by atoms with van der Waals surface area (Å²) < 4.78 is 34.3. The molecular formula is C20H31N3O4S. The third kappa shape index (κ3) is 5.04. The fourth-order valence-corrected chi connectivity index (χ4v) is 5.68. The van der Waals surface area contributed by atoms with Gasteiger partial charge in [-0.15, -0.1) is 0 Å². The Morgan fingerprint density at radius 2 is 1.64 bits per heavy atom. The van der Waals surface area contributed by atoms with Crippen molar-refractivity contribution >= 4 is 16.1 Å². The Morgan fingerprint density at radius 1 is 1.04 bits per heavy atom. The number of carbonyl (C=O) groups is 1. The molecule has 2 aliphatic heterocycles. The maximum absolute atomic E-state index is 12.9. The standard InChI is InChI=1S/C20H31N3O4S/c1-27-19-9-5-4-8-18(19)16-21-20(24)17-10-14-23(15-11-17)28(25,26)22-12-6-2-3-7-13-22/h4-5,8-9,17H,2-3,6-7,10-16H2,1H3,(H,21,24). The number of nitrogens with zero attached hydrogens (tertiary/aromatic N) is 2. The van der Waals surface area contributed by atoms with Gasteiger partial charge in [-0.3, -0.25) is 4.79 Å². The molecule has 3 rings (SSSR count). The Labute approximate surface area is 168 Å². The Kier molecular flexibility index (Phi) is 7.31. The van der Waals surface area contributed by atoms with Crippen LogP contribution in [0.1, 0.15) is 44.1 Å². The minimum atomic E-state index is -3.40. The normalized spacial score (nSPS) is 20.5. The molecular weight excluding hydrogens is 378 g/mol. The Bertz CT molecular complexity index is 752. The van der Waals surface area contributed by atoms with Crippen LogP contribution in [0.25, 0.3) is 0 Å². The summed E-state index contributed by atoms with van der Waals surface area (Å²) in [5, 5.41) is 2.97. The smallest absolute Gasteiger partial charge is 0.281 e. The minimum absolute atomic E-state index is 0.0160. The van der Waals surface area contributed by atoms with E-state index in [1.54, 1.807) is 15.7 Å². The van der Waals surface area contributed by atoms with E-state index in [-0.39, 0.29) is 11.8 Å². The predicted octanol–water partition coefficient (Wildman–Crippen LogP) is 2.14. The van der Waals surface area contributed by atoms with Gasteiger partial charge in [-0.25, -0.2) is 0 Å². The molecule has 0 radical (unpaired) electrons. The molecule has 0 atom stereocenters. The first-order valence-corrected chi connectivity index (χ1v) is 11.6. The second kappa shape index (κ2) is 9.71. The number of carbonyl (C=O) groups excluding carboxylic acids is 1. The lowest BCUT2D eigenvalue weighted by molar-refractivity contribution is -0.126. The number of benzene rings is 1. The number of hydrogen-bond acceptors (Lipinski definition) is 4. The van der Waals surface area contributed by atoms with E-state index in [0.29, 0.717) is 45.6 Å². The number of piperidine rings is 1. The van der Waals surface area contributed by atoms with Crippen molar-refractivity contribution in [3.05, 3.63) is 29.8 Å². The maximum atomic E-state index is 12.9. The van der Waals surface area contributed by atoms with Gasteiger partial charge in [0.15, 0.2) is 0 Å². The topological polar surface area (TPSA) is 79.0 Å². The summed E-state index contributed by atoms with van der Waals surface area (Å²) in [6, 6.07) is 7.60. The molecule has 2 aliphatic rings. The number of ether oxygens (including phenoxy) is 1. The molecule has 1 aromatic rings. The van der Waals surface area contributed by atoms with Crippen LogP contribution in [-0.2, 0) is 21.5 Å². The summed E-state index contributed by atoms with van der Waals surface area (Å²) in [5.41, 5.74) is 0.930. The van der Waals surface area contributed by atoms with E-state index in [1.807, 2.05) is 24.3 Å². The van der Waals surface area contributed by atoms with E-state index in [1.165, 1.54) is 0 Å². The molecule has 156 valence electrons. The molecule has 0 aliphatic carbocycles. The van der Waals surface area contributed by atoms with Crippen molar-refractivity contribution in [3.63, 3.8) is 0 Å². The van der Waals surface area contributed by atoms with Crippen molar-refractivity contribution in [1.29, 1.82) is 0 Å². The van der Waals surface area contributed by atoms with E-state index >= 15 is 0 Å². The molecule has 0 aromatic heterocycles. The fraction of sp³-hybridized carbons (Fsp3) is 0.650. The van der Waals surface area contributed by atoms with Gasteiger partial charge in [-0.1, -0.05) is 31.0 Å². The zero-order chi connectivity index (χ0) is 20.0. The fourth-order valence-electron chi connectivity index (χ4n) is 3.96. The average Bonchev–Trinajstić information content (AvgIpc) is 3.02. The summed E-state index contributed by atoms with van der Waals surface area (Å²) in [5.74, 6) is 0.587. The molecule has 0 spiro atoms. The van der Waals surface area contributed by atoms with E-state index < -0.39 is 10.2 Å². The lowest BCUT2D eigenvalue weighted by atomic mass is 9.97. The quantitative estimate of drug-likeness (QED) is 0.781. The van der Waals surface area contributed by atoms with Crippen molar-refractivity contribution in [2.75, 3.05) is 33.3 Å². The third-order valence-corrected chi connectivity index (χ3v) is 7.72. The van der Waals surface area contributed by atoms with Gasteiger partial charge in [0.25, 0.3) is 10.2 Å². The molecule has 1 aromatic carbocycles. The zero-order valence-corrected chi connectivity index (χ0v) is 17.4. The lowest BCUT2D eigenvalue weighted by Crippen LogP contribution is -2.49. The maximum Gasteiger partial charge on any atom is 0.281 e. The first-order valence-electron chi connectivity index (χ1n) is 10.2. The van der Waals surface area contributed by atoms with Gasteiger partial charge in [0, 0.05) is 44.2 Å². The molecule has 2 saturated heterocycles. The van der Waals surface area contributed by atoms with Gasteiger partial charge >= 0.3 is 0 Å². The molecule has 2 heterocycles. The molecule has 0 saturated carbocycles. The van der Waals surface area contributed by atoms with Crippen LogP contribution in [0.3, 0.4) is 0 Å². The molecule has 0 bridgehead atoms. The van der Waals surface area contributed by atoms with Crippen LogP contribution in [0.15, 0.2) is 24.3 Å². The Hall–Kier alpha value is -1.64. The molecule has 0 unspecified atom stereocenters. The van der Waals surface area contributed by atoms with Crippen molar-refractivity contribution in [3.8, 4) is 5.75 Å². The van der Waals surface area contributed by atoms with E-state index in [9.17, 15) is 13.2 Å². The van der Waals surface area contributed by atoms with Gasteiger partial charge in [0.05, 0.1) is 7.11 Å². The van der Waals surface area contributed by atoms with E-state index in [0.717, 1.165) is 37.0 Å². The highest BCUT2D eigenvalue weighted by molar-refractivity contribution is 7.86. The summed E-state index contributed by atoms with van der Waals surface area (Å²) in [6.07, 6.45) is 5.18. The van der Waals surface area contributed by atoms with Crippen molar-refractivity contribution in [2.45, 2.75) is 45.1 Å². The molecule has 1 amide bonds. The van der Waals surface area contributed by atoms with Crippen LogP contribution in [0, 0.1) is 5.92 Å². The predicted molar refractivity (Wildman–Crippen MR) is 108 cm³/mol. The summed E-state index contributed by atoms with van der Waals surface area (Å²) in [7, 11) is -1.79. The highest BCUT2D eigenvalue weighted by Gasteiger charge is 2.34. The van der Waals surface area contributed by atoms with Crippen LogP contribution in [0.2, 0.25) is 0 Å². The van der Waals surface area contributed by atoms with Gasteiger partial charge < -0.3 is 10.1 Å². The summed E-state index contributed by atoms with van der Waals surface area (Å²) in [6.45, 7) is 2.45. The number of rotatable bonds is 6. The first kappa shape index (κ1) is 21.1. The molecule has 2 fully saturated rings. The van der Waals surface area contributed by atoms with Crippen LogP contribution >= 0.6 is 0 Å². The number of nitrogens with one attached hydrogen (secondary N) is 1. The molecule has 28 heavy (non-hydrogen) atoms. The SMILES string of the molecule is COc1ccccc1CNC(=O)C1CCN(S(=O)(=O)N2CCCCCC2)CC1. The summed E-state index contributed by atoms with van der Waals surface area (Å²) >= 11 is 0.